The molecule has 23 heavy (non-hydrogen) atoms. The van der Waals surface area contributed by atoms with Gasteiger partial charge in [-0.15, -0.1) is 0 Å². The van der Waals surface area contributed by atoms with Crippen LogP contribution in [0.5, 0.6) is 5.75 Å². The second-order valence-electron chi connectivity index (χ2n) is 4.77. The van der Waals surface area contributed by atoms with E-state index in [9.17, 15) is 22.3 Å². The van der Waals surface area contributed by atoms with Gasteiger partial charge in [0.25, 0.3) is 0 Å². The zero-order chi connectivity index (χ0) is 17.0. The molecule has 1 N–H and O–H groups in total. The predicted molar refractivity (Wildman–Crippen MR) is 81.4 cm³/mol. The average molecular weight is 363 g/mol. The summed E-state index contributed by atoms with van der Waals surface area (Å²) in [5.41, 5.74) is 0. The number of rotatable bonds is 6. The van der Waals surface area contributed by atoms with Crippen molar-refractivity contribution in [2.75, 3.05) is 12.4 Å². The summed E-state index contributed by atoms with van der Waals surface area (Å²) in [6.07, 6.45) is -1.33. The maximum atomic E-state index is 12.9. The molecule has 0 heterocycles. The number of halogens is 3. The molecule has 0 aliphatic heterocycles. The van der Waals surface area contributed by atoms with Crippen LogP contribution in [0.25, 0.3) is 0 Å². The van der Waals surface area contributed by atoms with Gasteiger partial charge >= 0.3 is 0 Å². The third kappa shape index (κ3) is 4.89. The summed E-state index contributed by atoms with van der Waals surface area (Å²) in [7, 11) is -3.79. The van der Waals surface area contributed by atoms with E-state index in [4.69, 9.17) is 16.3 Å². The van der Waals surface area contributed by atoms with Crippen molar-refractivity contribution in [2.45, 2.75) is 11.0 Å². The number of benzene rings is 2. The van der Waals surface area contributed by atoms with Gasteiger partial charge in [-0.25, -0.2) is 17.2 Å². The Morgan fingerprint density at radius 1 is 1.09 bits per heavy atom. The van der Waals surface area contributed by atoms with Crippen LogP contribution in [0.15, 0.2) is 47.4 Å². The summed E-state index contributed by atoms with van der Waals surface area (Å²) < 4.78 is 55.0. The minimum atomic E-state index is -3.79. The lowest BCUT2D eigenvalue weighted by atomic mass is 10.3. The first-order valence-electron chi connectivity index (χ1n) is 6.52. The topological polar surface area (TPSA) is 63.6 Å². The van der Waals surface area contributed by atoms with Crippen molar-refractivity contribution in [1.29, 1.82) is 0 Å². The third-order valence-electron chi connectivity index (χ3n) is 2.91. The molecule has 0 unspecified atom stereocenters. The van der Waals surface area contributed by atoms with Crippen molar-refractivity contribution >= 4 is 21.4 Å². The summed E-state index contributed by atoms with van der Waals surface area (Å²) >= 11 is 5.76. The summed E-state index contributed by atoms with van der Waals surface area (Å²) in [6.45, 7) is -0.341. The van der Waals surface area contributed by atoms with Crippen molar-refractivity contribution in [2.24, 2.45) is 0 Å². The van der Waals surface area contributed by atoms with Gasteiger partial charge in [-0.2, -0.15) is 0 Å². The Morgan fingerprint density at radius 2 is 1.70 bits per heavy atom. The molecule has 0 aromatic heterocycles. The molecule has 124 valence electrons. The molecule has 0 bridgehead atoms. The van der Waals surface area contributed by atoms with Gasteiger partial charge in [-0.1, -0.05) is 11.6 Å². The highest BCUT2D eigenvalue weighted by Crippen LogP contribution is 2.25. The molecule has 0 aliphatic rings. The monoisotopic (exact) mass is 362 g/mol. The highest BCUT2D eigenvalue weighted by atomic mass is 35.5. The second-order valence-corrected chi connectivity index (χ2v) is 7.22. The van der Waals surface area contributed by atoms with E-state index in [0.29, 0.717) is 0 Å². The van der Waals surface area contributed by atoms with Crippen molar-refractivity contribution in [3.8, 4) is 5.75 Å². The molecule has 0 amide bonds. The molecule has 1 atom stereocenters. The standard InChI is InChI=1S/C15H13ClF2O4S/c16-14-7-11(18)3-6-15(14)22-8-12(19)9-23(20,21)13-4-1-10(17)2-5-13/h1-7,12,19H,8-9H2/t12-/m1/s1. The molecule has 0 spiro atoms. The summed E-state index contributed by atoms with van der Waals surface area (Å²) in [5, 5.41) is 9.82. The highest BCUT2D eigenvalue weighted by Gasteiger charge is 2.20. The van der Waals surface area contributed by atoms with Gasteiger partial charge in [-0.05, 0) is 42.5 Å². The molecule has 2 aromatic carbocycles. The Kier molecular flexibility index (Phi) is 5.56. The number of aliphatic hydroxyl groups excluding tert-OH is 1. The van der Waals surface area contributed by atoms with Gasteiger partial charge in [0.2, 0.25) is 0 Å². The van der Waals surface area contributed by atoms with Crippen LogP contribution in [0, 0.1) is 11.6 Å². The Hall–Kier alpha value is -1.70. The lowest BCUT2D eigenvalue weighted by Gasteiger charge is -2.13. The first-order valence-corrected chi connectivity index (χ1v) is 8.55. The molecule has 8 heteroatoms. The number of sulfone groups is 1. The molecule has 4 nitrogen and oxygen atoms in total. The smallest absolute Gasteiger partial charge is 0.181 e. The number of hydrogen-bond donors (Lipinski definition) is 1. The van der Waals surface area contributed by atoms with Crippen molar-refractivity contribution < 1.29 is 27.0 Å². The van der Waals surface area contributed by atoms with E-state index in [2.05, 4.69) is 0 Å². The third-order valence-corrected chi connectivity index (χ3v) is 5.02. The SMILES string of the molecule is O=S(=O)(C[C@H](O)COc1ccc(F)cc1Cl)c1ccc(F)cc1. The fourth-order valence-corrected chi connectivity index (χ4v) is 3.39. The highest BCUT2D eigenvalue weighted by molar-refractivity contribution is 7.91. The fraction of sp³-hybridized carbons (Fsp3) is 0.200. The maximum Gasteiger partial charge on any atom is 0.181 e. The van der Waals surface area contributed by atoms with E-state index < -0.39 is 33.3 Å². The van der Waals surface area contributed by atoms with Crippen LogP contribution >= 0.6 is 11.6 Å². The van der Waals surface area contributed by atoms with E-state index in [-0.39, 0.29) is 22.3 Å². The van der Waals surface area contributed by atoms with Crippen molar-refractivity contribution in [3.05, 3.63) is 59.1 Å². The quantitative estimate of drug-likeness (QED) is 0.803. The van der Waals surface area contributed by atoms with Crippen LogP contribution in [0.2, 0.25) is 5.02 Å². The van der Waals surface area contributed by atoms with Gasteiger partial charge in [0.1, 0.15) is 30.1 Å². The van der Waals surface area contributed by atoms with E-state index in [1.54, 1.807) is 0 Å². The average Bonchev–Trinajstić information content (AvgIpc) is 2.46. The molecule has 0 saturated carbocycles. The first kappa shape index (κ1) is 17.7. The Balaban J connectivity index is 1.98. The molecule has 2 aromatic rings. The predicted octanol–water partition coefficient (Wildman–Crippen LogP) is 2.83. The first-order chi connectivity index (χ1) is 10.8. The zero-order valence-corrected chi connectivity index (χ0v) is 13.3. The zero-order valence-electron chi connectivity index (χ0n) is 11.7. The van der Waals surface area contributed by atoms with Crippen LogP contribution in [0.1, 0.15) is 0 Å². The van der Waals surface area contributed by atoms with E-state index in [1.807, 2.05) is 0 Å². The van der Waals surface area contributed by atoms with E-state index >= 15 is 0 Å². The van der Waals surface area contributed by atoms with Crippen LogP contribution < -0.4 is 4.74 Å². The molecule has 0 aliphatic carbocycles. The number of ether oxygens (including phenoxy) is 1. The number of hydrogen-bond acceptors (Lipinski definition) is 4. The fourth-order valence-electron chi connectivity index (χ4n) is 1.82. The molecular formula is C15H13ClF2O4S. The Labute approximate surface area is 137 Å². The van der Waals surface area contributed by atoms with Gasteiger partial charge in [0.15, 0.2) is 9.84 Å². The summed E-state index contributed by atoms with van der Waals surface area (Å²) in [4.78, 5) is -0.0993. The lowest BCUT2D eigenvalue weighted by Crippen LogP contribution is -2.27. The van der Waals surface area contributed by atoms with E-state index in [1.165, 1.54) is 6.07 Å². The number of aliphatic hydroxyl groups is 1. The van der Waals surface area contributed by atoms with Crippen molar-refractivity contribution in [3.63, 3.8) is 0 Å². The van der Waals surface area contributed by atoms with Crippen LogP contribution in [-0.2, 0) is 9.84 Å². The van der Waals surface area contributed by atoms with Crippen LogP contribution in [-0.4, -0.2) is 32.0 Å². The molecule has 0 saturated heterocycles. The van der Waals surface area contributed by atoms with Gasteiger partial charge in [-0.3, -0.25) is 0 Å². The van der Waals surface area contributed by atoms with Crippen LogP contribution in [0.3, 0.4) is 0 Å². The normalized spacial score (nSPS) is 12.9. The summed E-state index contributed by atoms with van der Waals surface area (Å²) in [5.74, 6) is -1.57. The molecular weight excluding hydrogens is 350 g/mol. The largest absolute Gasteiger partial charge is 0.489 e. The Bertz CT molecular complexity index is 779. The minimum Gasteiger partial charge on any atom is -0.489 e. The molecule has 0 fully saturated rings. The second kappa shape index (κ2) is 7.25. The minimum absolute atomic E-state index is 0.0126. The van der Waals surface area contributed by atoms with Gasteiger partial charge < -0.3 is 9.84 Å². The van der Waals surface area contributed by atoms with Gasteiger partial charge in [0.05, 0.1) is 15.7 Å². The molecule has 0 radical (unpaired) electrons. The van der Waals surface area contributed by atoms with Crippen LogP contribution in [0.4, 0.5) is 8.78 Å². The van der Waals surface area contributed by atoms with Gasteiger partial charge in [0, 0.05) is 0 Å². The van der Waals surface area contributed by atoms with Crippen molar-refractivity contribution in [1.82, 2.24) is 0 Å². The van der Waals surface area contributed by atoms with E-state index in [0.717, 1.165) is 36.4 Å². The summed E-state index contributed by atoms with van der Waals surface area (Å²) in [6, 6.07) is 7.73. The molecule has 2 rings (SSSR count). The lowest BCUT2D eigenvalue weighted by molar-refractivity contribution is 0.125. The maximum absolute atomic E-state index is 12.9. The Morgan fingerprint density at radius 3 is 2.30 bits per heavy atom.